The van der Waals surface area contributed by atoms with Crippen LogP contribution in [0.3, 0.4) is 0 Å². The number of benzene rings is 2. The van der Waals surface area contributed by atoms with E-state index in [0.717, 1.165) is 40.7 Å². The highest BCUT2D eigenvalue weighted by molar-refractivity contribution is 6.02. The molecule has 0 unspecified atom stereocenters. The maximum Gasteiger partial charge on any atom is 0.235 e. The molecule has 0 atom stereocenters. The van der Waals surface area contributed by atoms with Crippen molar-refractivity contribution in [3.63, 3.8) is 0 Å². The molecule has 2 aromatic carbocycles. The molecule has 0 spiro atoms. The SMILES string of the molecule is CC(C)(C)c1cc2cc(NC(=O)C3(c4ccc5c(c4)OCO5)CC3)ccc2n1CCCC(=O)NCCO.[HH]. The monoisotopic (exact) mass is 507 g/mol. The van der Waals surface area contributed by atoms with Crippen LogP contribution in [0.2, 0.25) is 0 Å². The molecule has 1 aliphatic heterocycles. The number of carbonyl (C=O) groups excluding carboxylic acids is 2. The van der Waals surface area contributed by atoms with Gasteiger partial charge in [-0.25, -0.2) is 0 Å². The lowest BCUT2D eigenvalue weighted by Gasteiger charge is -2.22. The number of aromatic nitrogens is 1. The van der Waals surface area contributed by atoms with Gasteiger partial charge in [0.2, 0.25) is 18.6 Å². The number of hydrogen-bond donors (Lipinski definition) is 3. The van der Waals surface area contributed by atoms with Gasteiger partial charge >= 0.3 is 0 Å². The number of fused-ring (bicyclic) bond motifs is 2. The van der Waals surface area contributed by atoms with Crippen molar-refractivity contribution in [1.82, 2.24) is 9.88 Å². The number of amides is 2. The number of ether oxygens (including phenoxy) is 2. The summed E-state index contributed by atoms with van der Waals surface area (Å²) in [5.74, 6) is 1.36. The van der Waals surface area contributed by atoms with Gasteiger partial charge in [-0.3, -0.25) is 9.59 Å². The minimum atomic E-state index is -0.533. The first-order valence-corrected chi connectivity index (χ1v) is 12.9. The van der Waals surface area contributed by atoms with Gasteiger partial charge < -0.3 is 29.8 Å². The molecule has 198 valence electrons. The van der Waals surface area contributed by atoms with Crippen LogP contribution in [0.25, 0.3) is 10.9 Å². The number of rotatable bonds is 9. The number of aliphatic hydroxyl groups excluding tert-OH is 1. The summed E-state index contributed by atoms with van der Waals surface area (Å²) < 4.78 is 13.2. The topological polar surface area (TPSA) is 102 Å². The normalized spacial score (nSPS) is 15.6. The van der Waals surface area contributed by atoms with Crippen molar-refractivity contribution in [2.24, 2.45) is 0 Å². The molecule has 1 aliphatic carbocycles. The van der Waals surface area contributed by atoms with Gasteiger partial charge in [0.15, 0.2) is 11.5 Å². The fraction of sp³-hybridized carbons (Fsp3) is 0.448. The molecule has 0 saturated heterocycles. The van der Waals surface area contributed by atoms with E-state index in [1.807, 2.05) is 36.4 Å². The largest absolute Gasteiger partial charge is 0.454 e. The van der Waals surface area contributed by atoms with Crippen LogP contribution < -0.4 is 20.1 Å². The Bertz CT molecular complexity index is 1340. The summed E-state index contributed by atoms with van der Waals surface area (Å²) in [4.78, 5) is 25.4. The Labute approximate surface area is 218 Å². The van der Waals surface area contributed by atoms with Crippen molar-refractivity contribution in [3.8, 4) is 11.5 Å². The predicted octanol–water partition coefficient (Wildman–Crippen LogP) is 4.47. The molecule has 0 bridgehead atoms. The van der Waals surface area contributed by atoms with Crippen LogP contribution in [0.1, 0.15) is 59.1 Å². The quantitative estimate of drug-likeness (QED) is 0.397. The molecular formula is C29H37N3O5. The number of nitrogens with one attached hydrogen (secondary N) is 2. The predicted molar refractivity (Wildman–Crippen MR) is 144 cm³/mol. The van der Waals surface area contributed by atoms with E-state index in [1.165, 1.54) is 5.69 Å². The van der Waals surface area contributed by atoms with Gasteiger partial charge in [0.05, 0.1) is 12.0 Å². The van der Waals surface area contributed by atoms with E-state index in [1.54, 1.807) is 0 Å². The lowest BCUT2D eigenvalue weighted by Crippen LogP contribution is -2.27. The number of anilines is 1. The van der Waals surface area contributed by atoms with Crippen LogP contribution in [0.15, 0.2) is 42.5 Å². The van der Waals surface area contributed by atoms with E-state index in [0.29, 0.717) is 25.1 Å². The smallest absolute Gasteiger partial charge is 0.235 e. The van der Waals surface area contributed by atoms with Crippen LogP contribution in [-0.2, 0) is 27.0 Å². The third-order valence-electron chi connectivity index (χ3n) is 7.26. The maximum absolute atomic E-state index is 13.4. The Morgan fingerprint density at radius 2 is 1.86 bits per heavy atom. The van der Waals surface area contributed by atoms with Crippen LogP contribution in [0.5, 0.6) is 11.5 Å². The molecule has 2 heterocycles. The zero-order valence-electron chi connectivity index (χ0n) is 21.7. The first kappa shape index (κ1) is 25.1. The van der Waals surface area contributed by atoms with Crippen molar-refractivity contribution in [1.29, 1.82) is 0 Å². The molecule has 8 nitrogen and oxygen atoms in total. The summed E-state index contributed by atoms with van der Waals surface area (Å²) in [7, 11) is 0. The number of nitrogens with zero attached hydrogens (tertiary/aromatic N) is 1. The second-order valence-corrected chi connectivity index (χ2v) is 11.0. The van der Waals surface area contributed by atoms with Crippen molar-refractivity contribution in [2.45, 2.75) is 63.8 Å². The second-order valence-electron chi connectivity index (χ2n) is 11.0. The molecule has 3 aromatic rings. The van der Waals surface area contributed by atoms with Gasteiger partial charge in [-0.05, 0) is 61.2 Å². The third kappa shape index (κ3) is 5.03. The van der Waals surface area contributed by atoms with Gasteiger partial charge in [0.1, 0.15) is 0 Å². The molecule has 37 heavy (non-hydrogen) atoms. The Hall–Kier alpha value is -3.52. The minimum absolute atomic E-state index is 0. The molecule has 0 radical (unpaired) electrons. The molecular weight excluding hydrogens is 470 g/mol. The summed E-state index contributed by atoms with van der Waals surface area (Å²) >= 11 is 0. The highest BCUT2D eigenvalue weighted by atomic mass is 16.7. The van der Waals surface area contributed by atoms with Gasteiger partial charge in [0.25, 0.3) is 0 Å². The number of aryl methyl sites for hydroxylation is 1. The van der Waals surface area contributed by atoms with Gasteiger partial charge in [-0.2, -0.15) is 0 Å². The molecule has 1 aromatic heterocycles. The van der Waals surface area contributed by atoms with Crippen molar-refractivity contribution < 1.29 is 25.6 Å². The Kier molecular flexibility index (Phi) is 6.62. The maximum atomic E-state index is 13.4. The summed E-state index contributed by atoms with van der Waals surface area (Å²) in [6, 6.07) is 14.0. The van der Waals surface area contributed by atoms with Crippen molar-refractivity contribution >= 4 is 28.4 Å². The Morgan fingerprint density at radius 3 is 2.59 bits per heavy atom. The van der Waals surface area contributed by atoms with E-state index in [4.69, 9.17) is 14.6 Å². The Morgan fingerprint density at radius 1 is 1.08 bits per heavy atom. The average molecular weight is 508 g/mol. The summed E-state index contributed by atoms with van der Waals surface area (Å²) in [5, 5.41) is 15.8. The summed E-state index contributed by atoms with van der Waals surface area (Å²) in [6.45, 7) is 7.68. The van der Waals surface area contributed by atoms with Crippen molar-refractivity contribution in [2.75, 3.05) is 25.3 Å². The molecule has 1 saturated carbocycles. The average Bonchev–Trinajstić information content (AvgIpc) is 3.40. The number of aliphatic hydroxyl groups is 1. The molecule has 8 heteroatoms. The van der Waals surface area contributed by atoms with Gasteiger partial charge in [0, 0.05) is 48.6 Å². The lowest BCUT2D eigenvalue weighted by molar-refractivity contribution is -0.121. The highest BCUT2D eigenvalue weighted by Crippen LogP contribution is 2.51. The molecule has 3 N–H and O–H groups in total. The first-order chi connectivity index (χ1) is 17.7. The second kappa shape index (κ2) is 9.74. The van der Waals surface area contributed by atoms with E-state index >= 15 is 0 Å². The highest BCUT2D eigenvalue weighted by Gasteiger charge is 2.51. The molecule has 2 amide bonds. The molecule has 5 rings (SSSR count). The number of carbonyl (C=O) groups is 2. The van der Waals surface area contributed by atoms with Crippen LogP contribution in [0.4, 0.5) is 5.69 Å². The minimum Gasteiger partial charge on any atom is -0.454 e. The fourth-order valence-electron chi connectivity index (χ4n) is 5.11. The van der Waals surface area contributed by atoms with E-state index < -0.39 is 5.41 Å². The third-order valence-corrected chi connectivity index (χ3v) is 7.26. The Balaban J connectivity index is 0.00000336. The summed E-state index contributed by atoms with van der Waals surface area (Å²) in [5.41, 5.74) is 3.37. The zero-order valence-corrected chi connectivity index (χ0v) is 21.7. The zero-order chi connectivity index (χ0) is 26.2. The fourth-order valence-corrected chi connectivity index (χ4v) is 5.11. The standard InChI is InChI=1S/C29H35N3O5.H2/c1-28(2,3)25-16-19-15-21(7-8-22(19)32(25)13-4-5-26(34)30-12-14-33)31-27(35)29(10-11-29)20-6-9-23-24(17-20)37-18-36-23;/h6-9,15-17,33H,4-5,10-14,18H2,1-3H3,(H,30,34)(H,31,35);1H. The first-order valence-electron chi connectivity index (χ1n) is 12.9. The molecule has 2 aliphatic rings. The van der Waals surface area contributed by atoms with E-state index in [2.05, 4.69) is 42.0 Å². The van der Waals surface area contributed by atoms with Gasteiger partial charge in [-0.15, -0.1) is 0 Å². The van der Waals surface area contributed by atoms with Crippen LogP contribution >= 0.6 is 0 Å². The number of hydrogen-bond acceptors (Lipinski definition) is 5. The molecule has 1 fully saturated rings. The van der Waals surface area contributed by atoms with Crippen LogP contribution in [0, 0.1) is 0 Å². The van der Waals surface area contributed by atoms with Crippen LogP contribution in [-0.4, -0.2) is 41.4 Å². The van der Waals surface area contributed by atoms with E-state index in [-0.39, 0.29) is 38.6 Å². The lowest BCUT2D eigenvalue weighted by atomic mass is 9.92. The van der Waals surface area contributed by atoms with Gasteiger partial charge in [-0.1, -0.05) is 26.8 Å². The summed E-state index contributed by atoms with van der Waals surface area (Å²) in [6.07, 6.45) is 2.70. The van der Waals surface area contributed by atoms with Crippen molar-refractivity contribution in [3.05, 3.63) is 53.7 Å². The van der Waals surface area contributed by atoms with E-state index in [9.17, 15) is 9.59 Å².